The van der Waals surface area contributed by atoms with Crippen LogP contribution in [0.25, 0.3) is 10.8 Å². The van der Waals surface area contributed by atoms with Gasteiger partial charge in [-0.3, -0.25) is 14.4 Å². The van der Waals surface area contributed by atoms with Crippen molar-refractivity contribution in [1.29, 1.82) is 0 Å². The number of nitrogens with one attached hydrogen (secondary N) is 3. The zero-order valence-corrected chi connectivity index (χ0v) is 34.2. The largest absolute Gasteiger partial charge is 0.497 e. The van der Waals surface area contributed by atoms with Crippen molar-refractivity contribution >= 4 is 44.9 Å². The molecule has 3 N–H and O–H groups in total. The molecule has 308 valence electrons. The molecule has 0 unspecified atom stereocenters. The summed E-state index contributed by atoms with van der Waals surface area (Å²) in [4.78, 5) is 62.1. The Balaban J connectivity index is 1.27. The number of carbonyl (C=O) groups is 4. The molecule has 5 atom stereocenters. The third-order valence-corrected chi connectivity index (χ3v) is 12.5. The van der Waals surface area contributed by atoms with Crippen molar-refractivity contribution in [2.24, 2.45) is 11.8 Å². The van der Waals surface area contributed by atoms with E-state index in [0.29, 0.717) is 55.5 Å². The summed E-state index contributed by atoms with van der Waals surface area (Å²) in [7, 11) is -2.89. The van der Waals surface area contributed by atoms with Crippen molar-refractivity contribution < 1.29 is 46.0 Å². The van der Waals surface area contributed by atoms with Crippen LogP contribution in [-0.2, 0) is 33.6 Å². The van der Waals surface area contributed by atoms with Gasteiger partial charge in [0.15, 0.2) is 0 Å². The van der Waals surface area contributed by atoms with Crippen LogP contribution >= 0.6 is 0 Å². The predicted molar refractivity (Wildman–Crippen MR) is 207 cm³/mol. The predicted octanol–water partition coefficient (Wildman–Crippen LogP) is 5.06. The monoisotopic (exact) mass is 799 g/mol. The van der Waals surface area contributed by atoms with Gasteiger partial charge in [0, 0.05) is 18.0 Å². The first-order chi connectivity index (χ1) is 26.5. The molecular weight excluding hydrogens is 743 g/mol. The van der Waals surface area contributed by atoms with Gasteiger partial charge >= 0.3 is 16.4 Å². The standard InChI is InChI=1S/C40H57N5O10S/c1-7-17-39(18-19-39)55-56(50,51)44-36(48)40(23-27(40)8-2)43-33(46)31-22-29(53-34-30-15-14-28(52-6)21-26(30)16-20-41-34)24-45(31)35(47)32(25-12-10-9-11-13-25)42-37(49)54-38(3,4)5/h14-16,20-21,25,27,29,31-32H,7-13,17-19,22-24H2,1-6H3,(H,42,49)(H,43,46)(H,44,48)/t27-,29-,31+,32+,40-/m1/s1. The van der Waals surface area contributed by atoms with Gasteiger partial charge in [0.25, 0.3) is 5.91 Å². The number of nitrogens with zero attached hydrogens (tertiary/aromatic N) is 2. The van der Waals surface area contributed by atoms with Crippen LogP contribution < -0.4 is 24.8 Å². The fraction of sp³-hybridized carbons (Fsp3) is 0.675. The van der Waals surface area contributed by atoms with Gasteiger partial charge < -0.3 is 29.7 Å². The molecule has 2 heterocycles. The number of likely N-dealkylation sites (tertiary alicyclic amines) is 1. The molecule has 4 amide bonds. The fourth-order valence-corrected chi connectivity index (χ4v) is 9.55. The van der Waals surface area contributed by atoms with Gasteiger partial charge in [0.1, 0.15) is 35.1 Å². The molecular formula is C40H57N5O10S. The zero-order valence-electron chi connectivity index (χ0n) is 33.4. The van der Waals surface area contributed by atoms with Crippen LogP contribution in [0.5, 0.6) is 11.6 Å². The van der Waals surface area contributed by atoms with E-state index >= 15 is 0 Å². The third kappa shape index (κ3) is 9.50. The van der Waals surface area contributed by atoms with Crippen LogP contribution in [0.15, 0.2) is 30.5 Å². The molecule has 3 saturated carbocycles. The van der Waals surface area contributed by atoms with E-state index in [1.165, 1.54) is 4.90 Å². The Labute approximate surface area is 329 Å². The maximum atomic E-state index is 14.8. The highest BCUT2D eigenvalue weighted by atomic mass is 32.2. The molecule has 0 radical (unpaired) electrons. The number of pyridine rings is 1. The van der Waals surface area contributed by atoms with Crippen molar-refractivity contribution in [3.63, 3.8) is 0 Å². The lowest BCUT2D eigenvalue weighted by molar-refractivity contribution is -0.142. The van der Waals surface area contributed by atoms with Crippen molar-refractivity contribution in [2.75, 3.05) is 13.7 Å². The number of methoxy groups -OCH3 is 1. The van der Waals surface area contributed by atoms with Crippen molar-refractivity contribution in [3.05, 3.63) is 30.5 Å². The number of alkyl carbamates (subject to hydrolysis) is 1. The molecule has 15 nitrogen and oxygen atoms in total. The molecule has 0 spiro atoms. The SMILES string of the molecule is CCCC1(OS(=O)(=O)NC(=O)[C@@]2(NC(=O)[C@@H]3C[C@@H](Oc4nccc5cc(OC)ccc45)CN3C(=O)[C@@H](NC(=O)OC(C)(C)C)C3CCCCC3)C[C@H]2CC)CC1. The van der Waals surface area contributed by atoms with Crippen molar-refractivity contribution in [3.8, 4) is 11.6 Å². The lowest BCUT2D eigenvalue weighted by atomic mass is 9.83. The fourth-order valence-electron chi connectivity index (χ4n) is 8.39. The summed E-state index contributed by atoms with van der Waals surface area (Å²) in [6, 6.07) is 5.19. The smallest absolute Gasteiger partial charge is 0.408 e. The first-order valence-corrected chi connectivity index (χ1v) is 21.4. The maximum Gasteiger partial charge on any atom is 0.408 e. The van der Waals surface area contributed by atoms with Gasteiger partial charge in [0.05, 0.1) is 19.3 Å². The average Bonchev–Trinajstić information content (AvgIpc) is 4.02. The lowest BCUT2D eigenvalue weighted by Gasteiger charge is -2.35. The minimum atomic E-state index is -4.47. The van der Waals surface area contributed by atoms with Gasteiger partial charge in [-0.2, -0.15) is 8.42 Å². The molecule has 1 aromatic carbocycles. The lowest BCUT2D eigenvalue weighted by Crippen LogP contribution is -2.59. The number of carbonyl (C=O) groups excluding carboxylic acids is 4. The van der Waals surface area contributed by atoms with Gasteiger partial charge in [0.2, 0.25) is 17.7 Å². The van der Waals surface area contributed by atoms with Crippen LogP contribution in [-0.4, -0.2) is 90.7 Å². The number of hydrogen-bond acceptors (Lipinski definition) is 11. The molecule has 6 rings (SSSR count). The molecule has 1 saturated heterocycles. The number of rotatable bonds is 15. The van der Waals surface area contributed by atoms with E-state index in [2.05, 4.69) is 20.3 Å². The summed E-state index contributed by atoms with van der Waals surface area (Å²) in [5, 5.41) is 7.24. The van der Waals surface area contributed by atoms with Crippen LogP contribution in [0.1, 0.15) is 112 Å². The highest BCUT2D eigenvalue weighted by Crippen LogP contribution is 2.48. The number of fused-ring (bicyclic) bond motifs is 1. The molecule has 16 heteroatoms. The van der Waals surface area contributed by atoms with E-state index in [1.807, 2.05) is 32.0 Å². The minimum absolute atomic E-state index is 0.0114. The van der Waals surface area contributed by atoms with Crippen LogP contribution in [0, 0.1) is 11.8 Å². The van der Waals surface area contributed by atoms with Gasteiger partial charge in [-0.25, -0.2) is 18.7 Å². The van der Waals surface area contributed by atoms with E-state index in [9.17, 15) is 27.6 Å². The van der Waals surface area contributed by atoms with Gasteiger partial charge in [-0.1, -0.05) is 46.0 Å². The minimum Gasteiger partial charge on any atom is -0.497 e. The third-order valence-electron chi connectivity index (χ3n) is 11.5. The number of hydrogen-bond donors (Lipinski definition) is 3. The Kier molecular flexibility index (Phi) is 12.1. The Morgan fingerprint density at radius 1 is 1.05 bits per heavy atom. The Morgan fingerprint density at radius 2 is 1.79 bits per heavy atom. The molecule has 4 aliphatic rings. The number of benzene rings is 1. The van der Waals surface area contributed by atoms with Crippen LogP contribution in [0.4, 0.5) is 4.79 Å². The van der Waals surface area contributed by atoms with Crippen LogP contribution in [0.3, 0.4) is 0 Å². The molecule has 0 bridgehead atoms. The topological polar surface area (TPSA) is 192 Å². The molecule has 4 fully saturated rings. The summed E-state index contributed by atoms with van der Waals surface area (Å²) in [6.07, 6.45) is 7.56. The number of aromatic nitrogens is 1. The first-order valence-electron chi connectivity index (χ1n) is 20.0. The van der Waals surface area contributed by atoms with E-state index in [0.717, 1.165) is 31.1 Å². The summed E-state index contributed by atoms with van der Waals surface area (Å²) in [6.45, 7) is 9.00. The highest BCUT2D eigenvalue weighted by molar-refractivity contribution is 7.85. The summed E-state index contributed by atoms with van der Waals surface area (Å²) in [5.74, 6) is -1.54. The molecule has 56 heavy (non-hydrogen) atoms. The normalized spacial score (nSPS) is 25.2. The highest BCUT2D eigenvalue weighted by Gasteiger charge is 2.62. The molecule has 2 aromatic rings. The second-order valence-electron chi connectivity index (χ2n) is 16.9. The van der Waals surface area contributed by atoms with E-state index in [-0.39, 0.29) is 31.2 Å². The van der Waals surface area contributed by atoms with Crippen LogP contribution in [0.2, 0.25) is 0 Å². The Bertz CT molecular complexity index is 1910. The summed E-state index contributed by atoms with van der Waals surface area (Å²) in [5.41, 5.74) is -3.14. The van der Waals surface area contributed by atoms with Crippen molar-refractivity contribution in [1.82, 2.24) is 25.2 Å². The molecule has 1 aliphatic heterocycles. The second-order valence-corrected chi connectivity index (χ2v) is 18.2. The molecule has 3 aliphatic carbocycles. The average molecular weight is 800 g/mol. The van der Waals surface area contributed by atoms with E-state index in [4.69, 9.17) is 18.4 Å². The zero-order chi connectivity index (χ0) is 40.5. The molecule has 1 aromatic heterocycles. The first kappa shape index (κ1) is 41.5. The summed E-state index contributed by atoms with van der Waals surface area (Å²) >= 11 is 0. The number of amides is 4. The maximum absolute atomic E-state index is 14.8. The van der Waals surface area contributed by atoms with Crippen molar-refractivity contribution in [2.45, 2.75) is 147 Å². The van der Waals surface area contributed by atoms with E-state index in [1.54, 1.807) is 40.1 Å². The second kappa shape index (κ2) is 16.4. The van der Waals surface area contributed by atoms with Gasteiger partial charge in [-0.05, 0) is 101 Å². The van der Waals surface area contributed by atoms with E-state index < -0.39 is 69.0 Å². The van der Waals surface area contributed by atoms with Gasteiger partial charge in [-0.15, -0.1) is 0 Å². The Hall–Kier alpha value is -4.18. The quantitative estimate of drug-likeness (QED) is 0.218. The Morgan fingerprint density at radius 3 is 2.41 bits per heavy atom. The number of ether oxygens (including phenoxy) is 3. The summed E-state index contributed by atoms with van der Waals surface area (Å²) < 4.78 is 51.1.